The average molecular weight is 353 g/mol. The number of aromatic nitrogens is 1. The van der Waals surface area contributed by atoms with Crippen LogP contribution in [0.5, 0.6) is 0 Å². The Balaban J connectivity index is 2.06. The number of non-ortho nitro benzene ring substituents is 1. The monoisotopic (exact) mass is 353 g/mol. The van der Waals surface area contributed by atoms with E-state index in [0.29, 0.717) is 5.39 Å². The zero-order valence-electron chi connectivity index (χ0n) is 12.6. The number of hydrogen-bond acceptors (Lipinski definition) is 6. The third kappa shape index (κ3) is 2.97. The Morgan fingerprint density at radius 1 is 1.29 bits per heavy atom. The topological polar surface area (TPSA) is 123 Å². The second kappa shape index (κ2) is 5.87. The molecule has 1 aliphatic rings. The number of para-hydroxylation sites is 1. The minimum absolute atomic E-state index is 0.00327. The van der Waals surface area contributed by atoms with E-state index >= 15 is 0 Å². The molecule has 1 fully saturated rings. The summed E-state index contributed by atoms with van der Waals surface area (Å²) < 4.78 is 24.4. The van der Waals surface area contributed by atoms with Crippen molar-refractivity contribution in [3.63, 3.8) is 0 Å². The molecule has 1 saturated heterocycles. The van der Waals surface area contributed by atoms with Crippen molar-refractivity contribution in [3.8, 4) is 0 Å². The van der Waals surface area contributed by atoms with E-state index in [0.717, 1.165) is 0 Å². The zero-order chi connectivity index (χ0) is 17.5. The highest BCUT2D eigenvalue weighted by molar-refractivity contribution is 7.91. The number of carboxylic acids is 1. The average Bonchev–Trinajstić information content (AvgIpc) is 2.88. The van der Waals surface area contributed by atoms with Crippen molar-refractivity contribution < 1.29 is 23.2 Å². The molecule has 2 aromatic rings. The van der Waals surface area contributed by atoms with E-state index in [1.165, 1.54) is 22.8 Å². The molecule has 2 heterocycles. The molecule has 3 rings (SSSR count). The highest BCUT2D eigenvalue weighted by Gasteiger charge is 2.26. The Labute approximate surface area is 137 Å². The molecule has 0 unspecified atom stereocenters. The largest absolute Gasteiger partial charge is 0.477 e. The summed E-state index contributed by atoms with van der Waals surface area (Å²) in [7, 11) is -3.06. The molecule has 0 spiro atoms. The van der Waals surface area contributed by atoms with Gasteiger partial charge in [0.2, 0.25) is 0 Å². The number of hydrogen-bond donors (Lipinski definition) is 1. The number of carboxylic acid groups (broad SMARTS) is 1. The standard InChI is InChI=1S/C14H15N3O6S/c18-14(19)12-8-10-2-1-3-11(17(20)21)13(10)16(12)9-15-4-6-24(22,23)7-5-15/h1-3,8H,4-7,9H2,(H,18,19). The number of nitro groups is 1. The molecular formula is C14H15N3O6S. The van der Waals surface area contributed by atoms with Crippen LogP contribution in [-0.2, 0) is 16.5 Å². The van der Waals surface area contributed by atoms with Gasteiger partial charge in [-0.05, 0) is 6.07 Å². The lowest BCUT2D eigenvalue weighted by Gasteiger charge is -2.27. The Hall–Kier alpha value is -2.46. The number of carbonyl (C=O) groups is 1. The van der Waals surface area contributed by atoms with Crippen molar-refractivity contribution >= 4 is 32.4 Å². The van der Waals surface area contributed by atoms with Gasteiger partial charge in [0.05, 0.1) is 23.1 Å². The molecule has 24 heavy (non-hydrogen) atoms. The maximum absolute atomic E-state index is 11.5. The van der Waals surface area contributed by atoms with Crippen molar-refractivity contribution in [2.75, 3.05) is 24.6 Å². The summed E-state index contributed by atoms with van der Waals surface area (Å²) in [6, 6.07) is 5.84. The fraction of sp³-hybridized carbons (Fsp3) is 0.357. The zero-order valence-corrected chi connectivity index (χ0v) is 13.4. The summed E-state index contributed by atoms with van der Waals surface area (Å²) in [6.07, 6.45) is 0. The van der Waals surface area contributed by atoms with Gasteiger partial charge < -0.3 is 9.67 Å². The molecule has 0 saturated carbocycles. The van der Waals surface area contributed by atoms with Gasteiger partial charge in [-0.25, -0.2) is 13.2 Å². The molecule has 1 N–H and O–H groups in total. The lowest BCUT2D eigenvalue weighted by atomic mass is 10.2. The number of nitrogens with zero attached hydrogens (tertiary/aromatic N) is 3. The SMILES string of the molecule is O=C(O)c1cc2cccc([N+](=O)[O-])c2n1CN1CCS(=O)(=O)CC1. The summed E-state index contributed by atoms with van der Waals surface area (Å²) in [5.41, 5.74) is -0.00862. The molecule has 0 amide bonds. The summed E-state index contributed by atoms with van der Waals surface area (Å²) in [6.45, 7) is 0.620. The van der Waals surface area contributed by atoms with Gasteiger partial charge in [0.25, 0.3) is 5.69 Å². The maximum Gasteiger partial charge on any atom is 0.352 e. The van der Waals surface area contributed by atoms with E-state index in [2.05, 4.69) is 0 Å². The van der Waals surface area contributed by atoms with Gasteiger partial charge in [0.1, 0.15) is 11.2 Å². The van der Waals surface area contributed by atoms with Gasteiger partial charge in [-0.3, -0.25) is 15.0 Å². The van der Waals surface area contributed by atoms with Crippen molar-refractivity contribution in [3.05, 3.63) is 40.1 Å². The first-order valence-electron chi connectivity index (χ1n) is 7.21. The quantitative estimate of drug-likeness (QED) is 0.641. The third-order valence-electron chi connectivity index (χ3n) is 4.09. The lowest BCUT2D eigenvalue weighted by molar-refractivity contribution is -0.383. The van der Waals surface area contributed by atoms with E-state index in [1.54, 1.807) is 11.0 Å². The molecule has 0 bridgehead atoms. The van der Waals surface area contributed by atoms with Gasteiger partial charge in [-0.2, -0.15) is 0 Å². The molecule has 0 radical (unpaired) electrons. The molecule has 10 heteroatoms. The first kappa shape index (κ1) is 16.4. The summed E-state index contributed by atoms with van der Waals surface area (Å²) in [4.78, 5) is 24.0. The van der Waals surface area contributed by atoms with E-state index in [1.807, 2.05) is 0 Å². The van der Waals surface area contributed by atoms with Crippen molar-refractivity contribution in [1.29, 1.82) is 0 Å². The molecular weight excluding hydrogens is 338 g/mol. The van der Waals surface area contributed by atoms with Crippen LogP contribution in [0.4, 0.5) is 5.69 Å². The Morgan fingerprint density at radius 2 is 1.96 bits per heavy atom. The predicted molar refractivity (Wildman–Crippen MR) is 85.8 cm³/mol. The van der Waals surface area contributed by atoms with Crippen molar-refractivity contribution in [1.82, 2.24) is 9.47 Å². The Morgan fingerprint density at radius 3 is 2.54 bits per heavy atom. The lowest BCUT2D eigenvalue weighted by Crippen LogP contribution is -2.41. The van der Waals surface area contributed by atoms with Crippen LogP contribution < -0.4 is 0 Å². The first-order chi connectivity index (χ1) is 11.3. The third-order valence-corrected chi connectivity index (χ3v) is 5.70. The molecule has 0 atom stereocenters. The second-order valence-corrected chi connectivity index (χ2v) is 7.95. The van der Waals surface area contributed by atoms with Gasteiger partial charge in [-0.15, -0.1) is 0 Å². The van der Waals surface area contributed by atoms with Crippen LogP contribution in [0.25, 0.3) is 10.9 Å². The minimum Gasteiger partial charge on any atom is -0.477 e. The minimum atomic E-state index is -3.06. The number of rotatable bonds is 4. The van der Waals surface area contributed by atoms with E-state index in [-0.39, 0.29) is 48.2 Å². The smallest absolute Gasteiger partial charge is 0.352 e. The van der Waals surface area contributed by atoms with Crippen LogP contribution >= 0.6 is 0 Å². The number of sulfone groups is 1. The van der Waals surface area contributed by atoms with E-state index in [9.17, 15) is 28.4 Å². The molecule has 1 aromatic heterocycles. The van der Waals surface area contributed by atoms with Crippen molar-refractivity contribution in [2.24, 2.45) is 0 Å². The summed E-state index contributed by atoms with van der Waals surface area (Å²) in [5, 5.41) is 21.1. The van der Waals surface area contributed by atoms with Crippen LogP contribution in [0.2, 0.25) is 0 Å². The number of aromatic carboxylic acids is 1. The van der Waals surface area contributed by atoms with Crippen LogP contribution in [0, 0.1) is 10.1 Å². The Bertz CT molecular complexity index is 919. The van der Waals surface area contributed by atoms with Crippen molar-refractivity contribution in [2.45, 2.75) is 6.67 Å². The highest BCUT2D eigenvalue weighted by Crippen LogP contribution is 2.29. The fourth-order valence-corrected chi connectivity index (χ4v) is 4.14. The van der Waals surface area contributed by atoms with Gasteiger partial charge in [-0.1, -0.05) is 12.1 Å². The molecule has 0 aliphatic carbocycles. The molecule has 128 valence electrons. The first-order valence-corrected chi connectivity index (χ1v) is 9.03. The number of benzene rings is 1. The number of nitro benzene ring substituents is 1. The highest BCUT2D eigenvalue weighted by atomic mass is 32.2. The van der Waals surface area contributed by atoms with Crippen LogP contribution in [0.1, 0.15) is 10.5 Å². The maximum atomic E-state index is 11.5. The second-order valence-electron chi connectivity index (χ2n) is 5.65. The van der Waals surface area contributed by atoms with Gasteiger partial charge in [0.15, 0.2) is 9.84 Å². The van der Waals surface area contributed by atoms with E-state index in [4.69, 9.17) is 0 Å². The normalized spacial score (nSPS) is 17.8. The molecule has 9 nitrogen and oxygen atoms in total. The van der Waals surface area contributed by atoms with Gasteiger partial charge in [0, 0.05) is 24.5 Å². The Kier molecular flexibility index (Phi) is 4.01. The molecule has 1 aromatic carbocycles. The van der Waals surface area contributed by atoms with Crippen LogP contribution in [0.3, 0.4) is 0 Å². The van der Waals surface area contributed by atoms with Gasteiger partial charge >= 0.3 is 5.97 Å². The number of fused-ring (bicyclic) bond motifs is 1. The fourth-order valence-electron chi connectivity index (χ4n) is 2.87. The summed E-state index contributed by atoms with van der Waals surface area (Å²) >= 11 is 0. The van der Waals surface area contributed by atoms with Crippen LogP contribution in [0.15, 0.2) is 24.3 Å². The predicted octanol–water partition coefficient (Wildman–Crippen LogP) is 0.936. The van der Waals surface area contributed by atoms with E-state index < -0.39 is 20.7 Å². The summed E-state index contributed by atoms with van der Waals surface area (Å²) in [5.74, 6) is -1.20. The molecule has 1 aliphatic heterocycles. The van der Waals surface area contributed by atoms with Crippen LogP contribution in [-0.4, -0.2) is 58.5 Å².